The van der Waals surface area contributed by atoms with Crippen molar-refractivity contribution in [2.75, 3.05) is 13.2 Å². The molecule has 1 aliphatic heterocycles. The first-order valence-electron chi connectivity index (χ1n) is 5.38. The molecule has 0 aromatic heterocycles. The molecule has 0 amide bonds. The fourth-order valence-corrected chi connectivity index (χ4v) is 1.89. The minimum Gasteiger partial charge on any atom is -0.486 e. The molecule has 0 aliphatic carbocycles. The van der Waals surface area contributed by atoms with Crippen molar-refractivity contribution in [3.63, 3.8) is 0 Å². The predicted octanol–water partition coefficient (Wildman–Crippen LogP) is 2.56. The number of aliphatic hydroxyl groups is 1. The minimum absolute atomic E-state index is 0.0925. The molecule has 1 N–H and O–H groups in total. The van der Waals surface area contributed by atoms with Crippen molar-refractivity contribution < 1.29 is 14.6 Å². The van der Waals surface area contributed by atoms with Crippen LogP contribution >= 0.6 is 11.6 Å². The van der Waals surface area contributed by atoms with Gasteiger partial charge in [0.15, 0.2) is 0 Å². The van der Waals surface area contributed by atoms with Gasteiger partial charge in [0.25, 0.3) is 0 Å². The number of aliphatic hydroxyl groups excluding tert-OH is 1. The van der Waals surface area contributed by atoms with Gasteiger partial charge in [-0.2, -0.15) is 0 Å². The zero-order chi connectivity index (χ0) is 11.5. The highest BCUT2D eigenvalue weighted by Crippen LogP contribution is 2.29. The van der Waals surface area contributed by atoms with E-state index in [4.69, 9.17) is 21.1 Å². The van der Waals surface area contributed by atoms with E-state index in [9.17, 15) is 5.11 Å². The largest absolute Gasteiger partial charge is 0.486 e. The zero-order valence-corrected chi connectivity index (χ0v) is 9.91. The summed E-state index contributed by atoms with van der Waals surface area (Å²) in [6.07, 6.45) is 0.477. The van der Waals surface area contributed by atoms with Crippen molar-refractivity contribution in [3.05, 3.63) is 28.8 Å². The van der Waals surface area contributed by atoms with Crippen molar-refractivity contribution in [1.82, 2.24) is 0 Å². The van der Waals surface area contributed by atoms with Crippen LogP contribution in [0.4, 0.5) is 0 Å². The van der Waals surface area contributed by atoms with E-state index < -0.39 is 6.10 Å². The Bertz CT molecular complexity index is 359. The van der Waals surface area contributed by atoms with Gasteiger partial charge in [-0.1, -0.05) is 17.7 Å². The molecular weight excluding hydrogens is 228 g/mol. The van der Waals surface area contributed by atoms with Gasteiger partial charge in [0.05, 0.1) is 24.3 Å². The molecule has 1 aliphatic rings. The second-order valence-corrected chi connectivity index (χ2v) is 4.38. The van der Waals surface area contributed by atoms with Crippen molar-refractivity contribution in [1.29, 1.82) is 0 Å². The number of ether oxygens (including phenoxy) is 2. The summed E-state index contributed by atoms with van der Waals surface area (Å²) >= 11 is 6.07. The van der Waals surface area contributed by atoms with E-state index in [1.807, 2.05) is 6.07 Å². The van der Waals surface area contributed by atoms with Crippen LogP contribution in [0.15, 0.2) is 18.2 Å². The van der Waals surface area contributed by atoms with E-state index >= 15 is 0 Å². The van der Waals surface area contributed by atoms with Crippen LogP contribution in [0.1, 0.15) is 25.0 Å². The first kappa shape index (κ1) is 11.7. The fraction of sp³-hybridized carbons (Fsp3) is 0.500. The maximum absolute atomic E-state index is 9.40. The molecular formula is C12H15ClO3. The lowest BCUT2D eigenvalue weighted by Gasteiger charge is -2.14. The molecule has 2 rings (SSSR count). The van der Waals surface area contributed by atoms with Gasteiger partial charge in [-0.25, -0.2) is 0 Å². The highest BCUT2D eigenvalue weighted by Gasteiger charge is 2.18. The average Bonchev–Trinajstić information content (AvgIpc) is 2.73. The first-order chi connectivity index (χ1) is 7.66. The SMILES string of the molecule is C[C@H](O)c1ccc(OC2CCOC2)c(Cl)c1. The third-order valence-corrected chi connectivity index (χ3v) is 2.92. The molecule has 1 unspecified atom stereocenters. The Balaban J connectivity index is 2.09. The summed E-state index contributed by atoms with van der Waals surface area (Å²) in [5, 5.41) is 9.94. The number of halogens is 1. The van der Waals surface area contributed by atoms with Crippen LogP contribution in [-0.2, 0) is 4.74 Å². The van der Waals surface area contributed by atoms with Crippen molar-refractivity contribution in [2.45, 2.75) is 25.6 Å². The van der Waals surface area contributed by atoms with Crippen LogP contribution in [-0.4, -0.2) is 24.4 Å². The minimum atomic E-state index is -0.513. The average molecular weight is 243 g/mol. The summed E-state index contributed by atoms with van der Waals surface area (Å²) in [5.74, 6) is 0.654. The Kier molecular flexibility index (Phi) is 3.69. The number of benzene rings is 1. The molecule has 0 bridgehead atoms. The molecule has 4 heteroatoms. The lowest BCUT2D eigenvalue weighted by Crippen LogP contribution is -2.15. The summed E-state index contributed by atoms with van der Waals surface area (Å²) in [6.45, 7) is 3.07. The Morgan fingerprint density at radius 3 is 2.94 bits per heavy atom. The summed E-state index contributed by atoms with van der Waals surface area (Å²) < 4.78 is 10.9. The maximum Gasteiger partial charge on any atom is 0.138 e. The van der Waals surface area contributed by atoms with Gasteiger partial charge in [-0.05, 0) is 24.6 Å². The van der Waals surface area contributed by atoms with Crippen LogP contribution in [0.3, 0.4) is 0 Å². The molecule has 1 aromatic carbocycles. The quantitative estimate of drug-likeness (QED) is 0.886. The van der Waals surface area contributed by atoms with Gasteiger partial charge in [-0.3, -0.25) is 0 Å². The Hall–Kier alpha value is -0.770. The summed E-state index contributed by atoms with van der Waals surface area (Å²) in [7, 11) is 0. The van der Waals surface area contributed by atoms with Crippen LogP contribution in [0, 0.1) is 0 Å². The molecule has 0 spiro atoms. The fourth-order valence-electron chi connectivity index (χ4n) is 1.66. The molecule has 2 atom stereocenters. The van der Waals surface area contributed by atoms with Crippen molar-refractivity contribution in [2.24, 2.45) is 0 Å². The van der Waals surface area contributed by atoms with E-state index in [2.05, 4.69) is 0 Å². The topological polar surface area (TPSA) is 38.7 Å². The number of hydrogen-bond acceptors (Lipinski definition) is 3. The smallest absolute Gasteiger partial charge is 0.138 e. The van der Waals surface area contributed by atoms with Gasteiger partial charge in [0, 0.05) is 6.42 Å². The second-order valence-electron chi connectivity index (χ2n) is 3.97. The molecule has 0 radical (unpaired) electrons. The summed E-state index contributed by atoms with van der Waals surface area (Å²) in [5.41, 5.74) is 0.792. The molecule has 1 aromatic rings. The normalized spacial score (nSPS) is 22.1. The van der Waals surface area contributed by atoms with Crippen molar-refractivity contribution in [3.8, 4) is 5.75 Å². The van der Waals surface area contributed by atoms with E-state index in [-0.39, 0.29) is 6.10 Å². The van der Waals surface area contributed by atoms with Gasteiger partial charge in [0.2, 0.25) is 0 Å². The lowest BCUT2D eigenvalue weighted by molar-refractivity contribution is 0.141. The molecule has 16 heavy (non-hydrogen) atoms. The number of rotatable bonds is 3. The monoisotopic (exact) mass is 242 g/mol. The first-order valence-corrected chi connectivity index (χ1v) is 5.76. The highest BCUT2D eigenvalue weighted by molar-refractivity contribution is 6.32. The van der Waals surface area contributed by atoms with E-state index in [1.165, 1.54) is 0 Å². The molecule has 88 valence electrons. The van der Waals surface area contributed by atoms with Crippen LogP contribution < -0.4 is 4.74 Å². The Morgan fingerprint density at radius 2 is 2.38 bits per heavy atom. The van der Waals surface area contributed by atoms with E-state index in [0.29, 0.717) is 17.4 Å². The number of hydrogen-bond donors (Lipinski definition) is 1. The highest BCUT2D eigenvalue weighted by atomic mass is 35.5. The standard InChI is InChI=1S/C12H15ClO3/c1-8(14)9-2-3-12(11(13)6-9)16-10-4-5-15-7-10/h2-3,6,8,10,14H,4-5,7H2,1H3/t8-,10?/m0/s1. The van der Waals surface area contributed by atoms with E-state index in [0.717, 1.165) is 18.6 Å². The van der Waals surface area contributed by atoms with Gasteiger partial charge < -0.3 is 14.6 Å². The van der Waals surface area contributed by atoms with Gasteiger partial charge in [0.1, 0.15) is 11.9 Å². The molecule has 1 heterocycles. The van der Waals surface area contributed by atoms with Crippen LogP contribution in [0.5, 0.6) is 5.75 Å². The van der Waals surface area contributed by atoms with E-state index in [1.54, 1.807) is 19.1 Å². The van der Waals surface area contributed by atoms with Crippen LogP contribution in [0.25, 0.3) is 0 Å². The zero-order valence-electron chi connectivity index (χ0n) is 9.15. The summed E-state index contributed by atoms with van der Waals surface area (Å²) in [4.78, 5) is 0. The maximum atomic E-state index is 9.40. The molecule has 3 nitrogen and oxygen atoms in total. The molecule has 1 fully saturated rings. The lowest BCUT2D eigenvalue weighted by atomic mass is 10.1. The van der Waals surface area contributed by atoms with Gasteiger partial charge >= 0.3 is 0 Å². The molecule has 0 saturated carbocycles. The van der Waals surface area contributed by atoms with Crippen LogP contribution in [0.2, 0.25) is 5.02 Å². The Morgan fingerprint density at radius 1 is 1.56 bits per heavy atom. The molecule has 1 saturated heterocycles. The predicted molar refractivity (Wildman–Crippen MR) is 61.9 cm³/mol. The third kappa shape index (κ3) is 2.67. The van der Waals surface area contributed by atoms with Crippen molar-refractivity contribution >= 4 is 11.6 Å². The second kappa shape index (κ2) is 5.04. The van der Waals surface area contributed by atoms with Gasteiger partial charge in [-0.15, -0.1) is 0 Å². The third-order valence-electron chi connectivity index (χ3n) is 2.62. The summed E-state index contributed by atoms with van der Waals surface area (Å²) in [6, 6.07) is 5.35. The Labute approximate surface area is 99.9 Å².